The zero-order chi connectivity index (χ0) is 13.8. The van der Waals surface area contributed by atoms with Gasteiger partial charge in [0.2, 0.25) is 0 Å². The van der Waals surface area contributed by atoms with E-state index in [1.165, 1.54) is 0 Å². The van der Waals surface area contributed by atoms with Crippen molar-refractivity contribution in [2.24, 2.45) is 0 Å². The molecule has 0 aliphatic carbocycles. The van der Waals surface area contributed by atoms with Gasteiger partial charge in [0.15, 0.2) is 0 Å². The molecular formula is C14H18N2O3. The number of nitrogen functional groups attached to an aromatic ring is 1. The molecule has 0 saturated carbocycles. The maximum Gasteiger partial charge on any atom is 0.354 e. The molecule has 0 atom stereocenters. The average Bonchev–Trinajstić information content (AvgIpc) is 2.74. The fraction of sp³-hybridized carbons (Fsp3) is 0.357. The number of anilines is 1. The Kier molecular flexibility index (Phi) is 4.06. The number of carbonyl (C=O) groups excluding carboxylic acids is 1. The van der Waals surface area contributed by atoms with Crippen molar-refractivity contribution in [2.45, 2.75) is 13.5 Å². The van der Waals surface area contributed by atoms with Crippen LogP contribution in [0.3, 0.4) is 0 Å². The van der Waals surface area contributed by atoms with Crippen molar-refractivity contribution in [1.29, 1.82) is 0 Å². The largest absolute Gasteiger partial charge is 0.461 e. The van der Waals surface area contributed by atoms with Crippen LogP contribution in [0, 0.1) is 0 Å². The molecular weight excluding hydrogens is 244 g/mol. The molecule has 1 aromatic carbocycles. The topological polar surface area (TPSA) is 66.5 Å². The van der Waals surface area contributed by atoms with Gasteiger partial charge in [-0.15, -0.1) is 0 Å². The van der Waals surface area contributed by atoms with Crippen LogP contribution >= 0.6 is 0 Å². The number of ether oxygens (including phenoxy) is 2. The Bertz CT molecular complexity index is 590. The molecule has 0 aliphatic rings. The predicted octanol–water partition coefficient (Wildman–Crippen LogP) is 2.05. The summed E-state index contributed by atoms with van der Waals surface area (Å²) in [5.41, 5.74) is 7.92. The highest BCUT2D eigenvalue weighted by Gasteiger charge is 2.16. The van der Waals surface area contributed by atoms with Crippen molar-refractivity contribution >= 4 is 22.6 Å². The Hall–Kier alpha value is -2.01. The number of rotatable bonds is 5. The number of hydrogen-bond acceptors (Lipinski definition) is 4. The highest BCUT2D eigenvalue weighted by atomic mass is 16.5. The molecule has 2 aromatic rings. The van der Waals surface area contributed by atoms with E-state index in [1.807, 2.05) is 22.8 Å². The summed E-state index contributed by atoms with van der Waals surface area (Å²) in [5.74, 6) is -0.326. The number of benzene rings is 1. The molecule has 1 aromatic heterocycles. The van der Waals surface area contributed by atoms with Gasteiger partial charge in [-0.3, -0.25) is 0 Å². The molecule has 102 valence electrons. The molecule has 0 spiro atoms. The van der Waals surface area contributed by atoms with E-state index in [1.54, 1.807) is 20.1 Å². The van der Waals surface area contributed by atoms with Gasteiger partial charge in [0.25, 0.3) is 0 Å². The second-order valence-corrected chi connectivity index (χ2v) is 4.21. The van der Waals surface area contributed by atoms with Crippen molar-refractivity contribution in [2.75, 3.05) is 26.1 Å². The number of nitrogens with two attached hydrogens (primary N) is 1. The monoisotopic (exact) mass is 262 g/mol. The molecule has 0 unspecified atom stereocenters. The average molecular weight is 262 g/mol. The summed E-state index contributed by atoms with van der Waals surface area (Å²) in [6.45, 7) is 3.27. The van der Waals surface area contributed by atoms with Gasteiger partial charge in [0.05, 0.1) is 13.2 Å². The molecule has 0 amide bonds. The fourth-order valence-electron chi connectivity index (χ4n) is 2.09. The van der Waals surface area contributed by atoms with Gasteiger partial charge >= 0.3 is 5.97 Å². The molecule has 5 heteroatoms. The first-order chi connectivity index (χ1) is 9.17. The zero-order valence-electron chi connectivity index (χ0n) is 11.2. The number of fused-ring (bicyclic) bond motifs is 1. The minimum absolute atomic E-state index is 0.326. The summed E-state index contributed by atoms with van der Waals surface area (Å²) in [5, 5.41) is 0.930. The van der Waals surface area contributed by atoms with E-state index in [4.69, 9.17) is 15.2 Å². The van der Waals surface area contributed by atoms with E-state index in [2.05, 4.69) is 0 Å². The van der Waals surface area contributed by atoms with Crippen LogP contribution in [-0.2, 0) is 16.0 Å². The first kappa shape index (κ1) is 13.4. The fourth-order valence-corrected chi connectivity index (χ4v) is 2.09. The summed E-state index contributed by atoms with van der Waals surface area (Å²) < 4.78 is 12.1. The second kappa shape index (κ2) is 5.75. The SMILES string of the molecule is CCOC(=O)c1cc2cc(N)ccc2n1CCOC. The highest BCUT2D eigenvalue weighted by Crippen LogP contribution is 2.23. The van der Waals surface area contributed by atoms with Gasteiger partial charge in [-0.25, -0.2) is 4.79 Å². The molecule has 2 N–H and O–H groups in total. The lowest BCUT2D eigenvalue weighted by Gasteiger charge is -2.09. The van der Waals surface area contributed by atoms with Gasteiger partial charge in [-0.05, 0) is 31.2 Å². The smallest absolute Gasteiger partial charge is 0.354 e. The Balaban J connectivity index is 2.50. The third-order valence-electron chi connectivity index (χ3n) is 2.93. The van der Waals surface area contributed by atoms with E-state index in [0.717, 1.165) is 10.9 Å². The quantitative estimate of drug-likeness (QED) is 0.661. The Morgan fingerprint density at radius 1 is 1.37 bits per heavy atom. The number of aromatic nitrogens is 1. The molecule has 2 rings (SSSR count). The van der Waals surface area contributed by atoms with Crippen LogP contribution in [0.15, 0.2) is 24.3 Å². The third-order valence-corrected chi connectivity index (χ3v) is 2.93. The molecule has 0 fully saturated rings. The van der Waals surface area contributed by atoms with Crippen LogP contribution in [0.4, 0.5) is 5.69 Å². The van der Waals surface area contributed by atoms with Crippen LogP contribution in [0.2, 0.25) is 0 Å². The van der Waals surface area contributed by atoms with Crippen LogP contribution in [0.1, 0.15) is 17.4 Å². The number of carbonyl (C=O) groups is 1. The van der Waals surface area contributed by atoms with Crippen molar-refractivity contribution in [3.63, 3.8) is 0 Å². The third kappa shape index (κ3) is 2.71. The van der Waals surface area contributed by atoms with Crippen molar-refractivity contribution in [3.8, 4) is 0 Å². The van der Waals surface area contributed by atoms with E-state index >= 15 is 0 Å². The van der Waals surface area contributed by atoms with E-state index < -0.39 is 0 Å². The number of hydrogen-bond donors (Lipinski definition) is 1. The lowest BCUT2D eigenvalue weighted by Crippen LogP contribution is -2.14. The molecule has 0 bridgehead atoms. The second-order valence-electron chi connectivity index (χ2n) is 4.21. The number of nitrogens with zero attached hydrogens (tertiary/aromatic N) is 1. The van der Waals surface area contributed by atoms with Gasteiger partial charge in [-0.2, -0.15) is 0 Å². The summed E-state index contributed by atoms with van der Waals surface area (Å²) in [6, 6.07) is 7.38. The van der Waals surface area contributed by atoms with Gasteiger partial charge in [-0.1, -0.05) is 0 Å². The lowest BCUT2D eigenvalue weighted by atomic mass is 10.2. The minimum atomic E-state index is -0.326. The number of methoxy groups -OCH3 is 1. The van der Waals surface area contributed by atoms with Crippen LogP contribution < -0.4 is 5.73 Å². The molecule has 1 heterocycles. The minimum Gasteiger partial charge on any atom is -0.461 e. The van der Waals surface area contributed by atoms with Crippen LogP contribution in [0.5, 0.6) is 0 Å². The Morgan fingerprint density at radius 2 is 2.16 bits per heavy atom. The van der Waals surface area contributed by atoms with Gasteiger partial charge in [0, 0.05) is 30.2 Å². The summed E-state index contributed by atoms with van der Waals surface area (Å²) in [6.07, 6.45) is 0. The lowest BCUT2D eigenvalue weighted by molar-refractivity contribution is 0.0512. The summed E-state index contributed by atoms with van der Waals surface area (Å²) >= 11 is 0. The molecule has 19 heavy (non-hydrogen) atoms. The molecule has 0 aliphatic heterocycles. The highest BCUT2D eigenvalue weighted by molar-refractivity contribution is 5.96. The maximum absolute atomic E-state index is 12.0. The Labute approximate surface area is 111 Å². The van der Waals surface area contributed by atoms with Crippen LogP contribution in [0.25, 0.3) is 10.9 Å². The molecule has 5 nitrogen and oxygen atoms in total. The Morgan fingerprint density at radius 3 is 2.84 bits per heavy atom. The normalized spacial score (nSPS) is 10.8. The van der Waals surface area contributed by atoms with Crippen molar-refractivity contribution < 1.29 is 14.3 Å². The van der Waals surface area contributed by atoms with Gasteiger partial charge < -0.3 is 19.8 Å². The van der Waals surface area contributed by atoms with E-state index in [0.29, 0.717) is 31.1 Å². The summed E-state index contributed by atoms with van der Waals surface area (Å²) in [4.78, 5) is 12.0. The summed E-state index contributed by atoms with van der Waals surface area (Å²) in [7, 11) is 1.63. The first-order valence-corrected chi connectivity index (χ1v) is 6.22. The van der Waals surface area contributed by atoms with Gasteiger partial charge in [0.1, 0.15) is 5.69 Å². The van der Waals surface area contributed by atoms with E-state index in [-0.39, 0.29) is 5.97 Å². The molecule has 0 radical (unpaired) electrons. The van der Waals surface area contributed by atoms with E-state index in [9.17, 15) is 4.79 Å². The predicted molar refractivity (Wildman–Crippen MR) is 74.2 cm³/mol. The molecule has 0 saturated heterocycles. The van der Waals surface area contributed by atoms with Crippen LogP contribution in [-0.4, -0.2) is 30.9 Å². The zero-order valence-corrected chi connectivity index (χ0v) is 11.2. The first-order valence-electron chi connectivity index (χ1n) is 6.22. The van der Waals surface area contributed by atoms with Crippen molar-refractivity contribution in [1.82, 2.24) is 4.57 Å². The number of esters is 1. The maximum atomic E-state index is 12.0. The standard InChI is InChI=1S/C14H18N2O3/c1-3-19-14(17)13-9-10-8-11(15)4-5-12(10)16(13)6-7-18-2/h4-5,8-9H,3,6-7,15H2,1-2H3. The van der Waals surface area contributed by atoms with Crippen molar-refractivity contribution in [3.05, 3.63) is 30.0 Å².